The fourth-order valence-electron chi connectivity index (χ4n) is 1.03. The highest BCUT2D eigenvalue weighted by Gasteiger charge is 2.11. The fourth-order valence-corrected chi connectivity index (χ4v) is 1.03. The number of anilines is 1. The Morgan fingerprint density at radius 3 is 2.94 bits per heavy atom. The molecule has 0 fully saturated rings. The number of hydrogen-bond acceptors (Lipinski definition) is 6. The second-order valence-electron chi connectivity index (χ2n) is 3.01. The molecule has 0 radical (unpaired) electrons. The molecule has 1 heterocycles. The van der Waals surface area contributed by atoms with E-state index in [1.54, 1.807) is 7.11 Å². The second-order valence-corrected chi connectivity index (χ2v) is 3.01. The van der Waals surface area contributed by atoms with Crippen molar-refractivity contribution in [1.82, 2.24) is 9.97 Å². The number of carbonyl (C=O) groups is 1. The van der Waals surface area contributed by atoms with Gasteiger partial charge in [0.1, 0.15) is 5.56 Å². The van der Waals surface area contributed by atoms with Crippen molar-refractivity contribution in [3.63, 3.8) is 0 Å². The van der Waals surface area contributed by atoms with Crippen molar-refractivity contribution in [1.29, 1.82) is 0 Å². The highest BCUT2D eigenvalue weighted by Crippen LogP contribution is 2.13. The highest BCUT2D eigenvalue weighted by molar-refractivity contribution is 5.89. The van der Waals surface area contributed by atoms with Gasteiger partial charge in [-0.15, -0.1) is 0 Å². The Morgan fingerprint density at radius 1 is 1.62 bits per heavy atom. The van der Waals surface area contributed by atoms with Crippen molar-refractivity contribution in [3.05, 3.63) is 11.8 Å². The zero-order chi connectivity index (χ0) is 12.0. The van der Waals surface area contributed by atoms with E-state index in [1.807, 2.05) is 0 Å². The van der Waals surface area contributed by atoms with Gasteiger partial charge in [-0.25, -0.2) is 9.78 Å². The van der Waals surface area contributed by atoms with E-state index in [1.165, 1.54) is 0 Å². The fraction of sp³-hybridized carbons (Fsp3) is 0.444. The van der Waals surface area contributed by atoms with Crippen LogP contribution in [-0.4, -0.2) is 46.4 Å². The first-order valence-electron chi connectivity index (χ1n) is 4.67. The molecule has 0 bridgehead atoms. The van der Waals surface area contributed by atoms with E-state index in [0.717, 1.165) is 12.6 Å². The van der Waals surface area contributed by atoms with Crippen molar-refractivity contribution in [2.24, 2.45) is 0 Å². The maximum absolute atomic E-state index is 10.6. The van der Waals surface area contributed by atoms with Crippen LogP contribution in [0.1, 0.15) is 16.8 Å². The summed E-state index contributed by atoms with van der Waals surface area (Å²) in [7, 11) is 1.60. The minimum atomic E-state index is -1.26. The Labute approximate surface area is 92.1 Å². The molecule has 0 aromatic carbocycles. The van der Waals surface area contributed by atoms with Crippen LogP contribution >= 0.6 is 0 Å². The van der Waals surface area contributed by atoms with Gasteiger partial charge in [-0.3, -0.25) is 0 Å². The van der Waals surface area contributed by atoms with Gasteiger partial charge < -0.3 is 20.3 Å². The molecular formula is C9H13N3O4. The van der Waals surface area contributed by atoms with E-state index >= 15 is 0 Å². The first-order valence-corrected chi connectivity index (χ1v) is 4.67. The van der Waals surface area contributed by atoms with Crippen molar-refractivity contribution >= 4 is 11.9 Å². The van der Waals surface area contributed by atoms with Crippen molar-refractivity contribution in [2.45, 2.75) is 6.42 Å². The number of carboxylic acids is 1. The zero-order valence-electron chi connectivity index (χ0n) is 8.80. The first kappa shape index (κ1) is 12.2. The Morgan fingerprint density at radius 2 is 2.38 bits per heavy atom. The average molecular weight is 227 g/mol. The number of rotatable bonds is 6. The van der Waals surface area contributed by atoms with Gasteiger partial charge in [0, 0.05) is 20.3 Å². The Bertz CT molecular complexity index is 370. The zero-order valence-corrected chi connectivity index (χ0v) is 8.80. The van der Waals surface area contributed by atoms with Crippen LogP contribution in [0.4, 0.5) is 5.95 Å². The largest absolute Gasteiger partial charge is 0.493 e. The number of nitrogens with zero attached hydrogens (tertiary/aromatic N) is 2. The third kappa shape index (κ3) is 3.35. The van der Waals surface area contributed by atoms with Gasteiger partial charge in [-0.1, -0.05) is 0 Å². The van der Waals surface area contributed by atoms with Crippen molar-refractivity contribution in [3.8, 4) is 5.88 Å². The Hall–Kier alpha value is -1.89. The molecular weight excluding hydrogens is 214 g/mol. The van der Waals surface area contributed by atoms with Crippen LogP contribution in [0.3, 0.4) is 0 Å². The molecule has 1 aromatic heterocycles. The molecule has 0 aliphatic heterocycles. The summed E-state index contributed by atoms with van der Waals surface area (Å²) in [4.78, 5) is 17.9. The van der Waals surface area contributed by atoms with Crippen LogP contribution < -0.4 is 5.32 Å². The molecule has 0 aliphatic carbocycles. The lowest BCUT2D eigenvalue weighted by molar-refractivity contribution is 0.0692. The van der Waals surface area contributed by atoms with Gasteiger partial charge in [0.25, 0.3) is 0 Å². The molecule has 0 amide bonds. The van der Waals surface area contributed by atoms with Crippen LogP contribution in [0.2, 0.25) is 0 Å². The van der Waals surface area contributed by atoms with Gasteiger partial charge in [0.2, 0.25) is 11.8 Å². The van der Waals surface area contributed by atoms with E-state index < -0.39 is 11.8 Å². The summed E-state index contributed by atoms with van der Waals surface area (Å²) in [6.07, 6.45) is 1.82. The molecule has 88 valence electrons. The molecule has 1 aromatic rings. The second kappa shape index (κ2) is 5.86. The summed E-state index contributed by atoms with van der Waals surface area (Å²) < 4.78 is 4.85. The van der Waals surface area contributed by atoms with Crippen LogP contribution in [0.25, 0.3) is 0 Å². The van der Waals surface area contributed by atoms with E-state index in [4.69, 9.17) is 9.84 Å². The Balaban J connectivity index is 2.56. The van der Waals surface area contributed by atoms with Crippen molar-refractivity contribution < 1.29 is 19.7 Å². The smallest absolute Gasteiger partial charge is 0.342 e. The summed E-state index contributed by atoms with van der Waals surface area (Å²) in [5.74, 6) is -1.61. The highest BCUT2D eigenvalue weighted by atomic mass is 16.5. The molecule has 7 heteroatoms. The lowest BCUT2D eigenvalue weighted by Crippen LogP contribution is -2.09. The average Bonchev–Trinajstić information content (AvgIpc) is 2.24. The molecule has 1 rings (SSSR count). The quantitative estimate of drug-likeness (QED) is 0.601. The topological polar surface area (TPSA) is 105 Å². The van der Waals surface area contributed by atoms with Crippen molar-refractivity contribution in [2.75, 3.05) is 25.6 Å². The SMILES string of the molecule is COCCCNc1ncc(C(=O)O)c(O)n1. The monoisotopic (exact) mass is 227 g/mol. The predicted octanol–water partition coefficient (Wildman–Crippen LogP) is 0.329. The number of aromatic nitrogens is 2. The van der Waals surface area contributed by atoms with E-state index in [2.05, 4.69) is 15.3 Å². The molecule has 3 N–H and O–H groups in total. The number of methoxy groups -OCH3 is 1. The van der Waals surface area contributed by atoms with Crippen LogP contribution in [-0.2, 0) is 4.74 Å². The van der Waals surface area contributed by atoms with Gasteiger partial charge >= 0.3 is 5.97 Å². The lowest BCUT2D eigenvalue weighted by atomic mass is 10.3. The third-order valence-electron chi connectivity index (χ3n) is 1.81. The standard InChI is InChI=1S/C9H13N3O4/c1-16-4-2-3-10-9-11-5-6(8(14)15)7(13)12-9/h5H,2-4H2,1H3,(H,14,15)(H2,10,11,12,13). The van der Waals surface area contributed by atoms with E-state index in [9.17, 15) is 9.90 Å². The number of ether oxygens (including phenoxy) is 1. The molecule has 0 spiro atoms. The number of nitrogens with one attached hydrogen (secondary N) is 1. The lowest BCUT2D eigenvalue weighted by Gasteiger charge is -2.05. The predicted molar refractivity (Wildman–Crippen MR) is 55.6 cm³/mol. The number of aromatic carboxylic acids is 1. The van der Waals surface area contributed by atoms with Crippen LogP contribution in [0.15, 0.2) is 6.20 Å². The molecule has 0 saturated carbocycles. The van der Waals surface area contributed by atoms with Gasteiger partial charge in [0.05, 0.1) is 6.20 Å². The third-order valence-corrected chi connectivity index (χ3v) is 1.81. The minimum Gasteiger partial charge on any atom is -0.493 e. The normalized spacial score (nSPS) is 10.1. The maximum atomic E-state index is 10.6. The summed E-state index contributed by atoms with van der Waals surface area (Å²) in [5.41, 5.74) is -0.317. The summed E-state index contributed by atoms with van der Waals surface area (Å²) in [5, 5.41) is 20.7. The maximum Gasteiger partial charge on any atom is 0.342 e. The molecule has 7 nitrogen and oxygen atoms in total. The van der Waals surface area contributed by atoms with Gasteiger partial charge in [-0.05, 0) is 6.42 Å². The number of aromatic hydroxyl groups is 1. The molecule has 0 atom stereocenters. The molecule has 0 unspecified atom stereocenters. The first-order chi connectivity index (χ1) is 7.65. The minimum absolute atomic E-state index is 0.193. The van der Waals surface area contributed by atoms with E-state index in [0.29, 0.717) is 13.2 Å². The number of hydrogen-bond donors (Lipinski definition) is 3. The number of carboxylic acid groups (broad SMARTS) is 1. The molecule has 0 saturated heterocycles. The van der Waals surface area contributed by atoms with E-state index in [-0.39, 0.29) is 11.5 Å². The molecule has 0 aliphatic rings. The summed E-state index contributed by atoms with van der Waals surface area (Å²) in [6, 6.07) is 0. The van der Waals surface area contributed by atoms with Gasteiger partial charge in [-0.2, -0.15) is 4.98 Å². The summed E-state index contributed by atoms with van der Waals surface area (Å²) in [6.45, 7) is 1.19. The summed E-state index contributed by atoms with van der Waals surface area (Å²) >= 11 is 0. The Kier molecular flexibility index (Phi) is 4.46. The van der Waals surface area contributed by atoms with Crippen LogP contribution in [0, 0.1) is 0 Å². The van der Waals surface area contributed by atoms with Crippen LogP contribution in [0.5, 0.6) is 5.88 Å². The molecule has 16 heavy (non-hydrogen) atoms. The van der Waals surface area contributed by atoms with Gasteiger partial charge in [0.15, 0.2) is 0 Å².